The van der Waals surface area contributed by atoms with E-state index < -0.39 is 29.0 Å². The van der Waals surface area contributed by atoms with E-state index in [0.717, 1.165) is 6.07 Å². The first-order valence-corrected chi connectivity index (χ1v) is 7.85. The van der Waals surface area contributed by atoms with E-state index in [4.69, 9.17) is 10.00 Å². The Morgan fingerprint density at radius 3 is 2.24 bits per heavy atom. The lowest BCUT2D eigenvalue weighted by atomic mass is 10.1. The molecule has 1 saturated heterocycles. The quantitative estimate of drug-likeness (QED) is 0.772. The maximum atomic E-state index is 13.1. The number of rotatable bonds is 1. The number of hydrogen-bond acceptors (Lipinski definition) is 4. The third kappa shape index (κ3) is 4.78. The van der Waals surface area contributed by atoms with Crippen molar-refractivity contribution in [1.29, 1.82) is 5.26 Å². The zero-order valence-corrected chi connectivity index (χ0v) is 14.4. The van der Waals surface area contributed by atoms with Crippen molar-refractivity contribution in [3.8, 4) is 6.07 Å². The standard InChI is InChI=1S/C17H20F3N3O2/c1-16(2,3)25-15(24)23-8-6-22(7-9-23)13-5-4-12(11-21)14(10-13)17(18,19)20/h4-5,10H,6-9H2,1-3H3. The second-order valence-electron chi connectivity index (χ2n) is 6.79. The smallest absolute Gasteiger partial charge is 0.417 e. The van der Waals surface area contributed by atoms with Crippen LogP contribution in [0.5, 0.6) is 0 Å². The van der Waals surface area contributed by atoms with Crippen LogP contribution in [0.25, 0.3) is 0 Å². The van der Waals surface area contributed by atoms with E-state index in [2.05, 4.69) is 0 Å². The van der Waals surface area contributed by atoms with Gasteiger partial charge in [-0.1, -0.05) is 0 Å². The van der Waals surface area contributed by atoms with Gasteiger partial charge in [-0.15, -0.1) is 0 Å². The molecule has 0 radical (unpaired) electrons. The van der Waals surface area contributed by atoms with Crippen LogP contribution >= 0.6 is 0 Å². The topological polar surface area (TPSA) is 56.6 Å². The lowest BCUT2D eigenvalue weighted by Gasteiger charge is -2.37. The van der Waals surface area contributed by atoms with Crippen molar-refractivity contribution in [3.63, 3.8) is 0 Å². The molecule has 1 fully saturated rings. The summed E-state index contributed by atoms with van der Waals surface area (Å²) >= 11 is 0. The molecule has 1 aromatic carbocycles. The Labute approximate surface area is 144 Å². The lowest BCUT2D eigenvalue weighted by Crippen LogP contribution is -2.50. The minimum atomic E-state index is -4.58. The van der Waals surface area contributed by atoms with E-state index in [1.54, 1.807) is 31.7 Å². The van der Waals surface area contributed by atoms with Gasteiger partial charge in [0.2, 0.25) is 0 Å². The summed E-state index contributed by atoms with van der Waals surface area (Å²) in [4.78, 5) is 15.3. The molecule has 8 heteroatoms. The van der Waals surface area contributed by atoms with Gasteiger partial charge >= 0.3 is 12.3 Å². The Bertz CT molecular complexity index is 682. The monoisotopic (exact) mass is 355 g/mol. The van der Waals surface area contributed by atoms with Crippen LogP contribution in [0.15, 0.2) is 18.2 Å². The minimum Gasteiger partial charge on any atom is -0.444 e. The van der Waals surface area contributed by atoms with Gasteiger partial charge in [-0.3, -0.25) is 0 Å². The molecule has 25 heavy (non-hydrogen) atoms. The number of carbonyl (C=O) groups excluding carboxylic acids is 1. The highest BCUT2D eigenvalue weighted by Gasteiger charge is 2.34. The number of ether oxygens (including phenoxy) is 1. The van der Waals surface area contributed by atoms with Gasteiger partial charge in [-0.25, -0.2) is 4.79 Å². The highest BCUT2D eigenvalue weighted by Crippen LogP contribution is 2.34. The summed E-state index contributed by atoms with van der Waals surface area (Å²) in [6.07, 6.45) is -5.01. The number of nitriles is 1. The first kappa shape index (κ1) is 18.9. The fourth-order valence-corrected chi connectivity index (χ4v) is 2.53. The number of benzene rings is 1. The summed E-state index contributed by atoms with van der Waals surface area (Å²) < 4.78 is 44.5. The van der Waals surface area contributed by atoms with Gasteiger partial charge in [0.15, 0.2) is 0 Å². The summed E-state index contributed by atoms with van der Waals surface area (Å²) in [5, 5.41) is 8.85. The second-order valence-corrected chi connectivity index (χ2v) is 6.79. The molecule has 5 nitrogen and oxygen atoms in total. The Hall–Kier alpha value is -2.43. The molecule has 0 spiro atoms. The van der Waals surface area contributed by atoms with Gasteiger partial charge in [-0.05, 0) is 39.0 Å². The fourth-order valence-electron chi connectivity index (χ4n) is 2.53. The van der Waals surface area contributed by atoms with E-state index in [0.29, 0.717) is 31.9 Å². The lowest BCUT2D eigenvalue weighted by molar-refractivity contribution is -0.137. The highest BCUT2D eigenvalue weighted by molar-refractivity contribution is 5.68. The van der Waals surface area contributed by atoms with Crippen LogP contribution in [0, 0.1) is 11.3 Å². The number of carbonyl (C=O) groups is 1. The van der Waals surface area contributed by atoms with Crippen LogP contribution in [0.1, 0.15) is 31.9 Å². The van der Waals surface area contributed by atoms with Crippen LogP contribution < -0.4 is 4.90 Å². The molecule has 0 N–H and O–H groups in total. The minimum absolute atomic E-state index is 0.357. The average molecular weight is 355 g/mol. The number of nitrogens with zero attached hydrogens (tertiary/aromatic N) is 3. The van der Waals surface area contributed by atoms with Gasteiger partial charge in [-0.2, -0.15) is 18.4 Å². The molecule has 0 aromatic heterocycles. The van der Waals surface area contributed by atoms with Crippen LogP contribution in [0.2, 0.25) is 0 Å². The van der Waals surface area contributed by atoms with E-state index >= 15 is 0 Å². The summed E-state index contributed by atoms with van der Waals surface area (Å²) in [5.74, 6) is 0. The second kappa shape index (κ2) is 6.82. The zero-order valence-electron chi connectivity index (χ0n) is 14.4. The van der Waals surface area contributed by atoms with Crippen LogP contribution in [0.4, 0.5) is 23.7 Å². The fraction of sp³-hybridized carbons (Fsp3) is 0.529. The van der Waals surface area contributed by atoms with Crippen molar-refractivity contribution in [1.82, 2.24) is 4.90 Å². The first-order chi connectivity index (χ1) is 11.5. The van der Waals surface area contributed by atoms with Crippen molar-refractivity contribution in [2.75, 3.05) is 31.1 Å². The molecular weight excluding hydrogens is 335 g/mol. The van der Waals surface area contributed by atoms with Crippen molar-refractivity contribution in [2.24, 2.45) is 0 Å². The summed E-state index contributed by atoms with van der Waals surface area (Å²) in [7, 11) is 0. The predicted molar refractivity (Wildman–Crippen MR) is 86.2 cm³/mol. The van der Waals surface area contributed by atoms with Crippen molar-refractivity contribution in [2.45, 2.75) is 32.5 Å². The number of amides is 1. The molecular formula is C17H20F3N3O2. The zero-order chi connectivity index (χ0) is 18.8. The van der Waals surface area contributed by atoms with E-state index in [9.17, 15) is 18.0 Å². The van der Waals surface area contributed by atoms with Crippen LogP contribution in [-0.2, 0) is 10.9 Å². The Morgan fingerprint density at radius 1 is 1.16 bits per heavy atom. The molecule has 1 amide bonds. The van der Waals surface area contributed by atoms with Crippen LogP contribution in [-0.4, -0.2) is 42.8 Å². The number of anilines is 1. The summed E-state index contributed by atoms with van der Waals surface area (Å²) in [5.41, 5.74) is -1.55. The maximum absolute atomic E-state index is 13.1. The largest absolute Gasteiger partial charge is 0.444 e. The van der Waals surface area contributed by atoms with Gasteiger partial charge < -0.3 is 14.5 Å². The maximum Gasteiger partial charge on any atom is 0.417 e. The number of piperazine rings is 1. The Kier molecular flexibility index (Phi) is 5.16. The molecule has 1 heterocycles. The van der Waals surface area contributed by atoms with Gasteiger partial charge in [0.25, 0.3) is 0 Å². The molecule has 0 atom stereocenters. The normalized spacial score (nSPS) is 15.7. The molecule has 0 unspecified atom stereocenters. The number of hydrogen-bond donors (Lipinski definition) is 0. The van der Waals surface area contributed by atoms with Crippen molar-refractivity contribution in [3.05, 3.63) is 29.3 Å². The number of halogens is 3. The third-order valence-corrected chi connectivity index (χ3v) is 3.73. The summed E-state index contributed by atoms with van der Waals surface area (Å²) in [6.45, 7) is 6.82. The molecule has 1 aliphatic rings. The molecule has 0 aliphatic carbocycles. The van der Waals surface area contributed by atoms with Gasteiger partial charge in [0.1, 0.15) is 5.60 Å². The molecule has 0 saturated carbocycles. The predicted octanol–water partition coefficient (Wildman–Crippen LogP) is 3.63. The van der Waals surface area contributed by atoms with Crippen LogP contribution in [0.3, 0.4) is 0 Å². The molecule has 1 aliphatic heterocycles. The van der Waals surface area contributed by atoms with Crippen molar-refractivity contribution >= 4 is 11.8 Å². The van der Waals surface area contributed by atoms with E-state index in [-0.39, 0.29) is 0 Å². The molecule has 2 rings (SSSR count). The molecule has 1 aromatic rings. The van der Waals surface area contributed by atoms with Gasteiger partial charge in [0, 0.05) is 31.9 Å². The summed E-state index contributed by atoms with van der Waals surface area (Å²) in [6, 6.07) is 5.23. The first-order valence-electron chi connectivity index (χ1n) is 7.85. The molecule has 136 valence electrons. The van der Waals surface area contributed by atoms with Gasteiger partial charge in [0.05, 0.1) is 17.2 Å². The van der Waals surface area contributed by atoms with E-state index in [1.807, 2.05) is 0 Å². The third-order valence-electron chi connectivity index (χ3n) is 3.73. The van der Waals surface area contributed by atoms with E-state index in [1.165, 1.54) is 17.0 Å². The SMILES string of the molecule is CC(C)(C)OC(=O)N1CCN(c2ccc(C#N)c(C(F)(F)F)c2)CC1. The number of alkyl halides is 3. The van der Waals surface area contributed by atoms with Crippen molar-refractivity contribution < 1.29 is 22.7 Å². The molecule has 0 bridgehead atoms. The highest BCUT2D eigenvalue weighted by atomic mass is 19.4. The Balaban J connectivity index is 2.09. The Morgan fingerprint density at radius 2 is 1.76 bits per heavy atom. The average Bonchev–Trinajstić information content (AvgIpc) is 2.52.